The molecule has 150 valence electrons. The van der Waals surface area contributed by atoms with Gasteiger partial charge in [-0.05, 0) is 36.8 Å². The van der Waals surface area contributed by atoms with E-state index in [1.54, 1.807) is 24.3 Å². The number of aryl methyl sites for hydroxylation is 1. The van der Waals surface area contributed by atoms with E-state index in [-0.39, 0.29) is 11.4 Å². The molecule has 2 heterocycles. The van der Waals surface area contributed by atoms with Gasteiger partial charge in [0, 0.05) is 29.3 Å². The Hall–Kier alpha value is -2.65. The van der Waals surface area contributed by atoms with E-state index in [9.17, 15) is 22.7 Å². The quantitative estimate of drug-likeness (QED) is 0.555. The number of hydrogen-bond donors (Lipinski definition) is 1. The van der Waals surface area contributed by atoms with E-state index in [2.05, 4.69) is 10.1 Å². The van der Waals surface area contributed by atoms with Crippen molar-refractivity contribution in [2.75, 3.05) is 0 Å². The average molecular weight is 421 g/mol. The highest BCUT2D eigenvalue weighted by Crippen LogP contribution is 2.44. The SMILES string of the molecule is Cc1ccc(C2=NN3SC=C(c4ccc(F)cc4)N=C3C(O)(C(F)(F)F)C2)cc1. The van der Waals surface area contributed by atoms with E-state index in [0.717, 1.165) is 21.9 Å². The summed E-state index contributed by atoms with van der Waals surface area (Å²) in [6.07, 6.45) is -5.73. The zero-order valence-corrected chi connectivity index (χ0v) is 15.9. The van der Waals surface area contributed by atoms with Crippen LogP contribution in [0.15, 0.2) is 64.0 Å². The van der Waals surface area contributed by atoms with E-state index in [1.807, 2.05) is 6.92 Å². The van der Waals surface area contributed by atoms with Gasteiger partial charge < -0.3 is 5.11 Å². The average Bonchev–Trinajstić information content (AvgIpc) is 2.68. The van der Waals surface area contributed by atoms with Crippen molar-refractivity contribution < 1.29 is 22.7 Å². The van der Waals surface area contributed by atoms with Gasteiger partial charge in [-0.2, -0.15) is 22.7 Å². The summed E-state index contributed by atoms with van der Waals surface area (Å²) in [4.78, 5) is 4.05. The van der Waals surface area contributed by atoms with E-state index in [0.29, 0.717) is 11.1 Å². The predicted molar refractivity (Wildman–Crippen MR) is 105 cm³/mol. The number of benzene rings is 2. The molecule has 0 aliphatic carbocycles. The van der Waals surface area contributed by atoms with Gasteiger partial charge in [-0.25, -0.2) is 9.38 Å². The largest absolute Gasteiger partial charge is 0.425 e. The van der Waals surface area contributed by atoms with Crippen molar-refractivity contribution >= 4 is 29.2 Å². The van der Waals surface area contributed by atoms with Gasteiger partial charge in [-0.1, -0.05) is 29.8 Å². The second-order valence-corrected chi connectivity index (χ2v) is 7.56. The van der Waals surface area contributed by atoms with Crippen LogP contribution in [0.2, 0.25) is 0 Å². The van der Waals surface area contributed by atoms with Crippen LogP contribution in [-0.2, 0) is 0 Å². The lowest BCUT2D eigenvalue weighted by Gasteiger charge is -2.40. The maximum atomic E-state index is 13.9. The first-order valence-electron chi connectivity index (χ1n) is 8.63. The third kappa shape index (κ3) is 3.56. The van der Waals surface area contributed by atoms with Crippen molar-refractivity contribution in [1.29, 1.82) is 0 Å². The molecule has 0 radical (unpaired) electrons. The Morgan fingerprint density at radius 2 is 1.66 bits per heavy atom. The lowest BCUT2D eigenvalue weighted by molar-refractivity contribution is -0.230. The Kier molecular flexibility index (Phi) is 4.74. The number of nitrogens with zero attached hydrogens (tertiary/aromatic N) is 3. The van der Waals surface area contributed by atoms with Crippen molar-refractivity contribution in [2.24, 2.45) is 10.1 Å². The van der Waals surface area contributed by atoms with Gasteiger partial charge in [0.15, 0.2) is 5.84 Å². The smallest absolute Gasteiger partial charge is 0.374 e. The fraction of sp³-hybridized carbons (Fsp3) is 0.200. The van der Waals surface area contributed by atoms with Crippen molar-refractivity contribution in [3.05, 3.63) is 76.4 Å². The van der Waals surface area contributed by atoms with E-state index < -0.39 is 29.9 Å². The Morgan fingerprint density at radius 1 is 1.03 bits per heavy atom. The van der Waals surface area contributed by atoms with Crippen LogP contribution in [0.4, 0.5) is 17.6 Å². The lowest BCUT2D eigenvalue weighted by Crippen LogP contribution is -2.59. The zero-order valence-electron chi connectivity index (χ0n) is 15.1. The zero-order chi connectivity index (χ0) is 20.8. The first-order chi connectivity index (χ1) is 13.7. The molecule has 0 amide bonds. The third-order valence-electron chi connectivity index (χ3n) is 4.67. The number of hydrazone groups is 1. The number of hydrogen-bond acceptors (Lipinski definition) is 5. The van der Waals surface area contributed by atoms with E-state index in [4.69, 9.17) is 0 Å². The molecule has 0 saturated carbocycles. The summed E-state index contributed by atoms with van der Waals surface area (Å²) in [6.45, 7) is 1.87. The van der Waals surface area contributed by atoms with Crippen LogP contribution in [0.1, 0.15) is 23.1 Å². The minimum Gasteiger partial charge on any atom is -0.374 e. The van der Waals surface area contributed by atoms with Crippen LogP contribution < -0.4 is 0 Å². The summed E-state index contributed by atoms with van der Waals surface area (Å²) in [6, 6.07) is 12.1. The number of aliphatic hydroxyl groups is 1. The molecule has 0 aromatic heterocycles. The monoisotopic (exact) mass is 421 g/mol. The minimum absolute atomic E-state index is 0.106. The van der Waals surface area contributed by atoms with Gasteiger partial charge in [-0.15, -0.1) is 0 Å². The molecule has 0 fully saturated rings. The van der Waals surface area contributed by atoms with Crippen molar-refractivity contribution in [3.8, 4) is 0 Å². The fourth-order valence-corrected chi connectivity index (χ4v) is 3.83. The molecule has 4 nitrogen and oxygen atoms in total. The van der Waals surface area contributed by atoms with Crippen LogP contribution in [-0.4, -0.2) is 32.8 Å². The number of fused-ring (bicyclic) bond motifs is 1. The summed E-state index contributed by atoms with van der Waals surface area (Å²) in [5, 5.41) is 16.5. The third-order valence-corrected chi connectivity index (χ3v) is 5.45. The standard InChI is InChI=1S/C20H15F4N3OS/c1-12-2-4-13(5-3-12)16-10-19(28,20(22,23)24)18-25-17(11-29-27(18)26-16)14-6-8-15(21)9-7-14/h2-9,11,28H,10H2,1H3. The molecule has 0 saturated heterocycles. The van der Waals surface area contributed by atoms with Gasteiger partial charge in [-0.3, -0.25) is 0 Å². The minimum atomic E-state index is -4.97. The van der Waals surface area contributed by atoms with Crippen molar-refractivity contribution in [2.45, 2.75) is 25.1 Å². The first-order valence-corrected chi connectivity index (χ1v) is 9.47. The first kappa shape index (κ1) is 19.7. The highest BCUT2D eigenvalue weighted by atomic mass is 32.2. The van der Waals surface area contributed by atoms with E-state index >= 15 is 0 Å². The molecule has 1 unspecified atom stereocenters. The Labute approximate surface area is 168 Å². The molecule has 0 spiro atoms. The number of alkyl halides is 3. The molecular formula is C20H15F4N3OS. The van der Waals surface area contributed by atoms with Crippen molar-refractivity contribution in [3.63, 3.8) is 0 Å². The molecule has 29 heavy (non-hydrogen) atoms. The second-order valence-electron chi connectivity index (χ2n) is 6.77. The number of amidine groups is 1. The summed E-state index contributed by atoms with van der Waals surface area (Å²) in [7, 11) is 0. The van der Waals surface area contributed by atoms with Crippen LogP contribution in [0.3, 0.4) is 0 Å². The number of rotatable bonds is 2. The molecule has 2 aliphatic heterocycles. The van der Waals surface area contributed by atoms with Crippen molar-refractivity contribution in [1.82, 2.24) is 4.41 Å². The Morgan fingerprint density at radius 3 is 2.28 bits per heavy atom. The number of aliphatic imine (C=N–C) groups is 1. The van der Waals surface area contributed by atoms with Crippen LogP contribution >= 0.6 is 11.9 Å². The topological polar surface area (TPSA) is 48.2 Å². The normalized spacial score (nSPS) is 21.9. The summed E-state index contributed by atoms with van der Waals surface area (Å²) < 4.78 is 56.0. The molecule has 1 atom stereocenters. The Balaban J connectivity index is 1.78. The molecule has 2 aromatic carbocycles. The van der Waals surface area contributed by atoms with Crippen LogP contribution in [0, 0.1) is 12.7 Å². The molecule has 9 heteroatoms. The highest BCUT2D eigenvalue weighted by Gasteiger charge is 2.62. The van der Waals surface area contributed by atoms with Crippen LogP contribution in [0.5, 0.6) is 0 Å². The fourth-order valence-electron chi connectivity index (χ4n) is 3.01. The number of halogens is 4. The lowest BCUT2D eigenvalue weighted by atomic mass is 9.89. The summed E-state index contributed by atoms with van der Waals surface area (Å²) >= 11 is 0.873. The molecule has 2 aromatic rings. The van der Waals surface area contributed by atoms with Crippen LogP contribution in [0.25, 0.3) is 5.70 Å². The summed E-state index contributed by atoms with van der Waals surface area (Å²) in [5.41, 5.74) is -1.03. The molecule has 0 bridgehead atoms. The van der Waals surface area contributed by atoms with Gasteiger partial charge in [0.25, 0.3) is 0 Å². The molecule has 4 rings (SSSR count). The Bertz CT molecular complexity index is 1030. The molecular weight excluding hydrogens is 406 g/mol. The summed E-state index contributed by atoms with van der Waals surface area (Å²) in [5.74, 6) is -1.09. The van der Waals surface area contributed by atoms with Gasteiger partial charge >= 0.3 is 6.18 Å². The highest BCUT2D eigenvalue weighted by molar-refractivity contribution is 8.00. The van der Waals surface area contributed by atoms with Gasteiger partial charge in [0.2, 0.25) is 5.60 Å². The predicted octanol–water partition coefficient (Wildman–Crippen LogP) is 4.90. The maximum absolute atomic E-state index is 13.9. The second kappa shape index (κ2) is 7.00. The van der Waals surface area contributed by atoms with Gasteiger partial charge in [0.1, 0.15) is 5.82 Å². The molecule has 2 aliphatic rings. The maximum Gasteiger partial charge on any atom is 0.425 e. The van der Waals surface area contributed by atoms with E-state index in [1.165, 1.54) is 29.7 Å². The van der Waals surface area contributed by atoms with Gasteiger partial charge in [0.05, 0.1) is 11.4 Å². The molecule has 1 N–H and O–H groups in total.